The van der Waals surface area contributed by atoms with Crippen LogP contribution in [0, 0.1) is 6.92 Å². The fourth-order valence-electron chi connectivity index (χ4n) is 1.31. The lowest BCUT2D eigenvalue weighted by atomic mass is 10.5. The van der Waals surface area contributed by atoms with E-state index < -0.39 is 0 Å². The van der Waals surface area contributed by atoms with Gasteiger partial charge in [-0.05, 0) is 13.8 Å². The van der Waals surface area contributed by atoms with Crippen molar-refractivity contribution in [2.24, 2.45) is 0 Å². The molecule has 0 radical (unpaired) electrons. The predicted octanol–water partition coefficient (Wildman–Crippen LogP) is 2.71. The van der Waals surface area contributed by atoms with E-state index in [-0.39, 0.29) is 0 Å². The maximum absolute atomic E-state index is 6.04. The molecule has 0 saturated heterocycles. The molecule has 0 saturated carbocycles. The third kappa shape index (κ3) is 2.50. The van der Waals surface area contributed by atoms with Gasteiger partial charge in [0.2, 0.25) is 5.95 Å². The van der Waals surface area contributed by atoms with Crippen molar-refractivity contribution >= 4 is 29.2 Å². The summed E-state index contributed by atoms with van der Waals surface area (Å²) in [4.78, 5) is 8.33. The maximum atomic E-state index is 6.04. The molecular formula is C10H11Cl2N5. The SMILES string of the molecule is CCNc1ncc(Cl)c(-n2cc(Cl)c(C)n2)n1. The van der Waals surface area contributed by atoms with Gasteiger partial charge in [-0.15, -0.1) is 0 Å². The first kappa shape index (κ1) is 12.1. The molecule has 0 aliphatic heterocycles. The molecule has 0 aromatic carbocycles. The highest BCUT2D eigenvalue weighted by atomic mass is 35.5. The molecule has 0 fully saturated rings. The first-order valence-corrected chi connectivity index (χ1v) is 5.86. The molecule has 7 heteroatoms. The second-order valence-electron chi connectivity index (χ2n) is 3.40. The molecule has 2 heterocycles. The van der Waals surface area contributed by atoms with Crippen LogP contribution < -0.4 is 5.32 Å². The number of aryl methyl sites for hydroxylation is 1. The molecule has 0 unspecified atom stereocenters. The monoisotopic (exact) mass is 271 g/mol. The Balaban J connectivity index is 2.46. The number of hydrogen-bond acceptors (Lipinski definition) is 4. The van der Waals surface area contributed by atoms with Gasteiger partial charge in [0.15, 0.2) is 5.82 Å². The summed E-state index contributed by atoms with van der Waals surface area (Å²) in [6, 6.07) is 0. The summed E-state index contributed by atoms with van der Waals surface area (Å²) in [7, 11) is 0. The van der Waals surface area contributed by atoms with Crippen LogP contribution in [0.4, 0.5) is 5.95 Å². The lowest BCUT2D eigenvalue weighted by Gasteiger charge is -2.06. The molecule has 90 valence electrons. The number of hydrogen-bond donors (Lipinski definition) is 1. The van der Waals surface area contributed by atoms with Gasteiger partial charge >= 0.3 is 0 Å². The van der Waals surface area contributed by atoms with Gasteiger partial charge in [-0.1, -0.05) is 23.2 Å². The van der Waals surface area contributed by atoms with Crippen molar-refractivity contribution in [3.8, 4) is 5.82 Å². The average molecular weight is 272 g/mol. The highest BCUT2D eigenvalue weighted by Gasteiger charge is 2.10. The minimum Gasteiger partial charge on any atom is -0.354 e. The van der Waals surface area contributed by atoms with E-state index in [9.17, 15) is 0 Å². The number of nitrogens with zero attached hydrogens (tertiary/aromatic N) is 4. The van der Waals surface area contributed by atoms with Crippen molar-refractivity contribution in [3.63, 3.8) is 0 Å². The summed E-state index contributed by atoms with van der Waals surface area (Å²) in [6.45, 7) is 4.52. The van der Waals surface area contributed by atoms with E-state index in [1.807, 2.05) is 13.8 Å². The standard InChI is InChI=1S/C10H11Cl2N5/c1-3-13-10-14-4-7(11)9(15-10)17-5-8(12)6(2)16-17/h4-5H,3H2,1-2H3,(H,13,14,15). The van der Waals surface area contributed by atoms with Gasteiger partial charge in [0, 0.05) is 6.54 Å². The van der Waals surface area contributed by atoms with E-state index in [1.54, 1.807) is 10.9 Å². The van der Waals surface area contributed by atoms with Crippen molar-refractivity contribution in [2.75, 3.05) is 11.9 Å². The largest absolute Gasteiger partial charge is 0.354 e. The molecule has 5 nitrogen and oxygen atoms in total. The van der Waals surface area contributed by atoms with E-state index in [1.165, 1.54) is 6.20 Å². The van der Waals surface area contributed by atoms with Crippen molar-refractivity contribution in [1.82, 2.24) is 19.7 Å². The molecule has 0 amide bonds. The Bertz CT molecular complexity index is 518. The van der Waals surface area contributed by atoms with Crippen molar-refractivity contribution < 1.29 is 0 Å². The highest BCUT2D eigenvalue weighted by Crippen LogP contribution is 2.21. The third-order valence-corrected chi connectivity index (χ3v) is 2.75. The van der Waals surface area contributed by atoms with Gasteiger partial charge < -0.3 is 5.32 Å². The van der Waals surface area contributed by atoms with E-state index in [2.05, 4.69) is 20.4 Å². The fraction of sp³-hybridized carbons (Fsp3) is 0.300. The van der Waals surface area contributed by atoms with Crippen LogP contribution in [0.5, 0.6) is 0 Å². The van der Waals surface area contributed by atoms with Crippen LogP contribution in [0.2, 0.25) is 10.0 Å². The van der Waals surface area contributed by atoms with Crippen LogP contribution in [0.15, 0.2) is 12.4 Å². The summed E-state index contributed by atoms with van der Waals surface area (Å²) < 4.78 is 1.54. The number of aromatic nitrogens is 4. The van der Waals surface area contributed by atoms with Gasteiger partial charge in [-0.25, -0.2) is 9.67 Å². The van der Waals surface area contributed by atoms with E-state index in [0.717, 1.165) is 12.2 Å². The molecule has 0 spiro atoms. The van der Waals surface area contributed by atoms with Crippen LogP contribution in [-0.4, -0.2) is 26.3 Å². The fourth-order valence-corrected chi connectivity index (χ4v) is 1.62. The lowest BCUT2D eigenvalue weighted by molar-refractivity contribution is 0.826. The molecule has 2 rings (SSSR count). The lowest BCUT2D eigenvalue weighted by Crippen LogP contribution is -2.06. The predicted molar refractivity (Wildman–Crippen MR) is 68.1 cm³/mol. The molecule has 0 atom stereocenters. The molecule has 17 heavy (non-hydrogen) atoms. The first-order chi connectivity index (χ1) is 8.11. The van der Waals surface area contributed by atoms with E-state index >= 15 is 0 Å². The Labute approximate surface area is 109 Å². The maximum Gasteiger partial charge on any atom is 0.224 e. The Hall–Kier alpha value is -1.33. The zero-order valence-corrected chi connectivity index (χ0v) is 10.9. The van der Waals surface area contributed by atoms with E-state index in [0.29, 0.717) is 21.8 Å². The molecule has 0 aliphatic carbocycles. The number of rotatable bonds is 3. The highest BCUT2D eigenvalue weighted by molar-refractivity contribution is 6.32. The second kappa shape index (κ2) is 4.89. The third-order valence-electron chi connectivity index (χ3n) is 2.12. The topological polar surface area (TPSA) is 55.6 Å². The van der Waals surface area contributed by atoms with Crippen molar-refractivity contribution in [2.45, 2.75) is 13.8 Å². The van der Waals surface area contributed by atoms with Crippen LogP contribution in [0.3, 0.4) is 0 Å². The molecule has 2 aromatic rings. The normalized spacial score (nSPS) is 10.6. The van der Waals surface area contributed by atoms with Crippen LogP contribution in [0.25, 0.3) is 5.82 Å². The smallest absolute Gasteiger partial charge is 0.224 e. The Morgan fingerprint density at radius 1 is 1.35 bits per heavy atom. The zero-order valence-electron chi connectivity index (χ0n) is 9.41. The Morgan fingerprint density at radius 2 is 2.12 bits per heavy atom. The Kier molecular flexibility index (Phi) is 3.49. The molecular weight excluding hydrogens is 261 g/mol. The van der Waals surface area contributed by atoms with E-state index in [4.69, 9.17) is 23.2 Å². The van der Waals surface area contributed by atoms with Gasteiger partial charge in [-0.2, -0.15) is 10.1 Å². The number of nitrogens with one attached hydrogen (secondary N) is 1. The minimum atomic E-state index is 0.422. The summed E-state index contributed by atoms with van der Waals surface area (Å²) >= 11 is 12.0. The average Bonchev–Trinajstić information content (AvgIpc) is 2.62. The Morgan fingerprint density at radius 3 is 2.71 bits per heavy atom. The van der Waals surface area contributed by atoms with Gasteiger partial charge in [0.1, 0.15) is 5.02 Å². The number of anilines is 1. The quantitative estimate of drug-likeness (QED) is 0.933. The van der Waals surface area contributed by atoms with Gasteiger partial charge in [0.25, 0.3) is 0 Å². The van der Waals surface area contributed by atoms with Crippen LogP contribution >= 0.6 is 23.2 Å². The summed E-state index contributed by atoms with van der Waals surface area (Å²) in [5.74, 6) is 1.02. The number of halogens is 2. The van der Waals surface area contributed by atoms with Crippen molar-refractivity contribution in [1.29, 1.82) is 0 Å². The van der Waals surface area contributed by atoms with Crippen molar-refractivity contribution in [3.05, 3.63) is 28.1 Å². The molecule has 0 aliphatic rings. The van der Waals surface area contributed by atoms with Crippen LogP contribution in [0.1, 0.15) is 12.6 Å². The zero-order chi connectivity index (χ0) is 12.4. The summed E-state index contributed by atoms with van der Waals surface area (Å²) in [6.07, 6.45) is 3.20. The minimum absolute atomic E-state index is 0.422. The van der Waals surface area contributed by atoms with Gasteiger partial charge in [-0.3, -0.25) is 0 Å². The molecule has 2 aromatic heterocycles. The van der Waals surface area contributed by atoms with Crippen LogP contribution in [-0.2, 0) is 0 Å². The first-order valence-electron chi connectivity index (χ1n) is 5.10. The second-order valence-corrected chi connectivity index (χ2v) is 4.22. The molecule has 1 N–H and O–H groups in total. The van der Waals surface area contributed by atoms with Gasteiger partial charge in [0.05, 0.1) is 23.1 Å². The molecule has 0 bridgehead atoms. The summed E-state index contributed by atoms with van der Waals surface area (Å²) in [5.41, 5.74) is 0.728. The summed E-state index contributed by atoms with van der Waals surface area (Å²) in [5, 5.41) is 8.23.